The minimum Gasteiger partial charge on any atom is -0.398 e. The first-order valence-corrected chi connectivity index (χ1v) is 8.07. The van der Waals surface area contributed by atoms with Crippen LogP contribution in [-0.4, -0.2) is 9.55 Å². The molecule has 2 N–H and O–H groups in total. The highest BCUT2D eigenvalue weighted by Crippen LogP contribution is 2.22. The molecule has 0 bridgehead atoms. The van der Waals surface area contributed by atoms with E-state index in [1.807, 2.05) is 48.8 Å². The summed E-state index contributed by atoms with van der Waals surface area (Å²) in [5.41, 5.74) is 9.03. The normalized spacial score (nSPS) is 10.8. The Hall–Kier alpha value is -1.78. The fraction of sp³-hybridized carbons (Fsp3) is 0.118. The van der Waals surface area contributed by atoms with Crippen LogP contribution >= 0.6 is 27.5 Å². The number of halogens is 2. The SMILES string of the molecule is Nc1ccccc1Cn1ccnc1Cc1cc(Cl)cc(Br)c1. The number of para-hydroxylation sites is 1. The lowest BCUT2D eigenvalue weighted by Crippen LogP contribution is -2.07. The molecular formula is C17H15BrClN3. The molecule has 3 rings (SSSR count). The maximum absolute atomic E-state index is 6.11. The Labute approximate surface area is 142 Å². The van der Waals surface area contributed by atoms with Crippen LogP contribution in [0.4, 0.5) is 5.69 Å². The molecular weight excluding hydrogens is 362 g/mol. The summed E-state index contributed by atoms with van der Waals surface area (Å²) in [6, 6.07) is 13.8. The van der Waals surface area contributed by atoms with E-state index in [1.54, 1.807) is 0 Å². The summed E-state index contributed by atoms with van der Waals surface area (Å²) in [6.45, 7) is 0.712. The van der Waals surface area contributed by atoms with E-state index < -0.39 is 0 Å². The highest BCUT2D eigenvalue weighted by atomic mass is 79.9. The molecule has 0 saturated heterocycles. The Balaban J connectivity index is 1.85. The molecule has 0 atom stereocenters. The van der Waals surface area contributed by atoms with Crippen LogP contribution in [0.2, 0.25) is 5.02 Å². The lowest BCUT2D eigenvalue weighted by atomic mass is 10.1. The lowest BCUT2D eigenvalue weighted by molar-refractivity contribution is 0.742. The van der Waals surface area contributed by atoms with E-state index >= 15 is 0 Å². The zero-order valence-corrected chi connectivity index (χ0v) is 14.2. The van der Waals surface area contributed by atoms with Gasteiger partial charge >= 0.3 is 0 Å². The van der Waals surface area contributed by atoms with Crippen molar-refractivity contribution >= 4 is 33.2 Å². The number of hydrogen-bond acceptors (Lipinski definition) is 2. The summed E-state index contributed by atoms with van der Waals surface area (Å²) in [5, 5.41) is 0.717. The fourth-order valence-corrected chi connectivity index (χ4v) is 3.34. The average molecular weight is 377 g/mol. The van der Waals surface area contributed by atoms with Crippen molar-refractivity contribution in [2.24, 2.45) is 0 Å². The van der Waals surface area contributed by atoms with Gasteiger partial charge in [0.1, 0.15) is 5.82 Å². The van der Waals surface area contributed by atoms with Crippen LogP contribution < -0.4 is 5.73 Å². The van der Waals surface area contributed by atoms with Crippen LogP contribution in [0.5, 0.6) is 0 Å². The van der Waals surface area contributed by atoms with Crippen LogP contribution in [0, 0.1) is 0 Å². The van der Waals surface area contributed by atoms with Crippen molar-refractivity contribution in [3.8, 4) is 0 Å². The molecule has 3 aromatic rings. The van der Waals surface area contributed by atoms with E-state index in [1.165, 1.54) is 0 Å². The van der Waals surface area contributed by atoms with Crippen LogP contribution in [0.25, 0.3) is 0 Å². The molecule has 5 heteroatoms. The summed E-state index contributed by atoms with van der Waals surface area (Å²) in [7, 11) is 0. The van der Waals surface area contributed by atoms with Crippen LogP contribution in [-0.2, 0) is 13.0 Å². The van der Waals surface area contributed by atoms with Crippen molar-refractivity contribution in [2.75, 3.05) is 5.73 Å². The molecule has 112 valence electrons. The van der Waals surface area contributed by atoms with Crippen molar-refractivity contribution in [1.82, 2.24) is 9.55 Å². The highest BCUT2D eigenvalue weighted by Gasteiger charge is 2.07. The van der Waals surface area contributed by atoms with Crippen LogP contribution in [0.1, 0.15) is 17.0 Å². The second-order valence-electron chi connectivity index (χ2n) is 5.12. The summed E-state index contributed by atoms with van der Waals surface area (Å²) in [5.74, 6) is 0.984. The molecule has 1 heterocycles. The standard InChI is InChI=1S/C17H15BrClN3/c18-14-7-12(8-15(19)10-14)9-17-21-5-6-22(17)11-13-3-1-2-4-16(13)20/h1-8,10H,9,11,20H2. The number of nitrogen functional groups attached to an aromatic ring is 1. The van der Waals surface area contributed by atoms with E-state index in [9.17, 15) is 0 Å². The average Bonchev–Trinajstić information content (AvgIpc) is 2.87. The third-order valence-electron chi connectivity index (χ3n) is 3.48. The summed E-state index contributed by atoms with van der Waals surface area (Å²) < 4.78 is 3.08. The zero-order chi connectivity index (χ0) is 15.5. The zero-order valence-electron chi connectivity index (χ0n) is 11.8. The van der Waals surface area contributed by atoms with Crippen molar-refractivity contribution in [3.05, 3.63) is 81.3 Å². The molecule has 2 aromatic carbocycles. The molecule has 0 unspecified atom stereocenters. The monoisotopic (exact) mass is 375 g/mol. The molecule has 0 aliphatic heterocycles. The number of imidazole rings is 1. The van der Waals surface area contributed by atoms with E-state index in [0.717, 1.165) is 38.6 Å². The Morgan fingerprint density at radius 2 is 2.00 bits per heavy atom. The number of nitrogens with zero attached hydrogens (tertiary/aromatic N) is 2. The highest BCUT2D eigenvalue weighted by molar-refractivity contribution is 9.10. The Bertz CT molecular complexity index is 778. The van der Waals surface area contributed by atoms with Crippen LogP contribution in [0.15, 0.2) is 59.3 Å². The molecule has 0 spiro atoms. The molecule has 0 aliphatic carbocycles. The predicted molar refractivity (Wildman–Crippen MR) is 94.1 cm³/mol. The van der Waals surface area contributed by atoms with Gasteiger partial charge in [0.25, 0.3) is 0 Å². The molecule has 0 amide bonds. The number of anilines is 1. The molecule has 0 aliphatic rings. The van der Waals surface area contributed by atoms with Gasteiger partial charge in [0, 0.05) is 34.0 Å². The van der Waals surface area contributed by atoms with Crippen LogP contribution in [0.3, 0.4) is 0 Å². The molecule has 22 heavy (non-hydrogen) atoms. The molecule has 0 fully saturated rings. The number of hydrogen-bond donors (Lipinski definition) is 1. The van der Waals surface area contributed by atoms with Gasteiger partial charge in [-0.1, -0.05) is 45.7 Å². The third kappa shape index (κ3) is 3.51. The Kier molecular flexibility index (Phi) is 4.50. The van der Waals surface area contributed by atoms with Gasteiger partial charge in [-0.3, -0.25) is 0 Å². The van der Waals surface area contributed by atoms with E-state index in [0.29, 0.717) is 6.54 Å². The lowest BCUT2D eigenvalue weighted by Gasteiger charge is -2.10. The van der Waals surface area contributed by atoms with Crippen molar-refractivity contribution in [3.63, 3.8) is 0 Å². The van der Waals surface area contributed by atoms with E-state index in [4.69, 9.17) is 17.3 Å². The number of aromatic nitrogens is 2. The van der Waals surface area contributed by atoms with Gasteiger partial charge in [0.15, 0.2) is 0 Å². The summed E-state index contributed by atoms with van der Waals surface area (Å²) in [4.78, 5) is 4.46. The fourth-order valence-electron chi connectivity index (χ4n) is 2.41. The van der Waals surface area contributed by atoms with Crippen molar-refractivity contribution < 1.29 is 0 Å². The van der Waals surface area contributed by atoms with Gasteiger partial charge < -0.3 is 10.3 Å². The predicted octanol–water partition coefficient (Wildman–Crippen LogP) is 4.52. The van der Waals surface area contributed by atoms with Crippen molar-refractivity contribution in [1.29, 1.82) is 0 Å². The molecule has 3 nitrogen and oxygen atoms in total. The first kappa shape index (κ1) is 15.1. The molecule has 0 radical (unpaired) electrons. The van der Waals surface area contributed by atoms with E-state index in [-0.39, 0.29) is 0 Å². The first-order chi connectivity index (χ1) is 10.6. The minimum absolute atomic E-state index is 0.712. The Morgan fingerprint density at radius 3 is 2.77 bits per heavy atom. The second kappa shape index (κ2) is 6.55. The van der Waals surface area contributed by atoms with Gasteiger partial charge in [-0.15, -0.1) is 0 Å². The Morgan fingerprint density at radius 1 is 1.18 bits per heavy atom. The number of nitrogens with two attached hydrogens (primary N) is 1. The van der Waals surface area contributed by atoms with Gasteiger partial charge in [0.2, 0.25) is 0 Å². The second-order valence-corrected chi connectivity index (χ2v) is 6.48. The summed E-state index contributed by atoms with van der Waals surface area (Å²) in [6.07, 6.45) is 4.51. The van der Waals surface area contributed by atoms with E-state index in [2.05, 4.69) is 31.5 Å². The number of rotatable bonds is 4. The quantitative estimate of drug-likeness (QED) is 0.680. The van der Waals surface area contributed by atoms with Gasteiger partial charge in [-0.05, 0) is 35.4 Å². The largest absolute Gasteiger partial charge is 0.398 e. The maximum atomic E-state index is 6.11. The van der Waals surface area contributed by atoms with Gasteiger partial charge in [0.05, 0.1) is 6.54 Å². The maximum Gasteiger partial charge on any atom is 0.113 e. The van der Waals surface area contributed by atoms with Gasteiger partial charge in [-0.2, -0.15) is 0 Å². The smallest absolute Gasteiger partial charge is 0.113 e. The topological polar surface area (TPSA) is 43.8 Å². The third-order valence-corrected chi connectivity index (χ3v) is 4.16. The summed E-state index contributed by atoms with van der Waals surface area (Å²) >= 11 is 9.58. The molecule has 0 saturated carbocycles. The minimum atomic E-state index is 0.712. The number of benzene rings is 2. The molecule has 1 aromatic heterocycles. The van der Waals surface area contributed by atoms with Gasteiger partial charge in [-0.25, -0.2) is 4.98 Å². The van der Waals surface area contributed by atoms with Crippen molar-refractivity contribution in [2.45, 2.75) is 13.0 Å². The first-order valence-electron chi connectivity index (χ1n) is 6.90.